The highest BCUT2D eigenvalue weighted by Gasteiger charge is 2.30. The third-order valence-electron chi connectivity index (χ3n) is 5.06. The minimum atomic E-state index is -4.38. The molecule has 14 heteroatoms. The second-order valence-corrected chi connectivity index (χ2v) is 7.51. The summed E-state index contributed by atoms with van der Waals surface area (Å²) < 4.78 is 87.0. The summed E-state index contributed by atoms with van der Waals surface area (Å²) in [5.41, 5.74) is 0.0685. The van der Waals surface area contributed by atoms with E-state index in [2.05, 4.69) is 10.2 Å². The summed E-state index contributed by atoms with van der Waals surface area (Å²) in [6, 6.07) is 8.99. The van der Waals surface area contributed by atoms with E-state index in [4.69, 9.17) is 14.6 Å². The van der Waals surface area contributed by atoms with Gasteiger partial charge in [-0.2, -0.15) is 26.3 Å². The zero-order valence-electron chi connectivity index (χ0n) is 19.8. The van der Waals surface area contributed by atoms with Gasteiger partial charge in [0, 0.05) is 12.4 Å². The molecule has 0 bridgehead atoms. The molecule has 8 nitrogen and oxygen atoms in total. The number of ether oxygens (including phenoxy) is 2. The van der Waals surface area contributed by atoms with Crippen LogP contribution in [0.5, 0.6) is 11.8 Å². The smallest absolute Gasteiger partial charge is 0.416 e. The Morgan fingerprint density at radius 2 is 1.18 bits per heavy atom. The molecular weight excluding hydrogens is 522 g/mol. The zero-order valence-corrected chi connectivity index (χ0v) is 19.8. The number of aliphatic hydroxyl groups is 1. The van der Waals surface area contributed by atoms with Gasteiger partial charge in [0.2, 0.25) is 11.8 Å². The van der Waals surface area contributed by atoms with E-state index in [1.165, 1.54) is 60.2 Å². The highest BCUT2D eigenvalue weighted by molar-refractivity contribution is 5.78. The van der Waals surface area contributed by atoms with Crippen molar-refractivity contribution in [2.75, 3.05) is 14.2 Å². The van der Waals surface area contributed by atoms with Gasteiger partial charge in [-0.3, -0.25) is 4.79 Å². The van der Waals surface area contributed by atoms with Crippen molar-refractivity contribution in [2.24, 2.45) is 0 Å². The molecule has 2 aromatic carbocycles. The lowest BCUT2D eigenvalue weighted by atomic mass is 10.2. The summed E-state index contributed by atoms with van der Waals surface area (Å²) in [6.07, 6.45) is -5.30. The van der Waals surface area contributed by atoms with Gasteiger partial charge in [0.25, 0.3) is 0 Å². The number of carbonyl (C=O) groups is 1. The van der Waals surface area contributed by atoms with Gasteiger partial charge >= 0.3 is 12.4 Å². The molecular formula is C24H20F6N4O4. The Morgan fingerprint density at radius 3 is 1.50 bits per heavy atom. The molecule has 0 amide bonds. The number of rotatable bonds is 6. The second-order valence-electron chi connectivity index (χ2n) is 7.51. The Bertz CT molecular complexity index is 1340. The van der Waals surface area contributed by atoms with E-state index in [0.717, 1.165) is 24.3 Å². The van der Waals surface area contributed by atoms with Gasteiger partial charge in [-0.1, -0.05) is 0 Å². The Hall–Kier alpha value is -4.33. The SMILES string of the molecule is COc1nn(-c2ccc(C(F)(F)F)cc2)cc1C=O.COc1nn(-c2ccc(C(F)(F)F)cc2)cc1CO. The predicted molar refractivity (Wildman–Crippen MR) is 122 cm³/mol. The van der Waals surface area contributed by atoms with Crippen LogP contribution in [-0.2, 0) is 19.0 Å². The molecule has 2 aromatic heterocycles. The lowest BCUT2D eigenvalue weighted by molar-refractivity contribution is -0.138. The van der Waals surface area contributed by atoms with E-state index in [-0.39, 0.29) is 23.9 Å². The van der Waals surface area contributed by atoms with Gasteiger partial charge in [0.1, 0.15) is 0 Å². The van der Waals surface area contributed by atoms with Crippen LogP contribution in [0.15, 0.2) is 60.9 Å². The molecule has 4 rings (SSSR count). The van der Waals surface area contributed by atoms with E-state index < -0.39 is 23.5 Å². The van der Waals surface area contributed by atoms with Crippen LogP contribution in [0.4, 0.5) is 26.3 Å². The zero-order chi connectivity index (χ0) is 28.1. The van der Waals surface area contributed by atoms with Gasteiger partial charge in [-0.25, -0.2) is 9.36 Å². The summed E-state index contributed by atoms with van der Waals surface area (Å²) in [5.74, 6) is 0.359. The molecule has 0 fully saturated rings. The number of nitrogens with zero attached hydrogens (tertiary/aromatic N) is 4. The Balaban J connectivity index is 0.000000211. The van der Waals surface area contributed by atoms with Crippen molar-refractivity contribution in [1.82, 2.24) is 19.6 Å². The Morgan fingerprint density at radius 1 is 0.763 bits per heavy atom. The van der Waals surface area contributed by atoms with Crippen LogP contribution in [0, 0.1) is 0 Å². The first-order valence-corrected chi connectivity index (χ1v) is 10.6. The molecule has 0 aliphatic rings. The summed E-state index contributed by atoms with van der Waals surface area (Å²) >= 11 is 0. The number of benzene rings is 2. The number of aliphatic hydroxyl groups excluding tert-OH is 1. The number of aromatic nitrogens is 4. The van der Waals surface area contributed by atoms with Gasteiger partial charge in [-0.15, -0.1) is 10.2 Å². The first-order valence-electron chi connectivity index (χ1n) is 10.6. The molecule has 0 saturated heterocycles. The van der Waals surface area contributed by atoms with Crippen molar-refractivity contribution in [3.8, 4) is 23.1 Å². The Kier molecular flexibility index (Phi) is 8.46. The number of halogens is 6. The summed E-state index contributed by atoms with van der Waals surface area (Å²) in [6.45, 7) is -0.260. The third kappa shape index (κ3) is 6.51. The molecule has 0 atom stereocenters. The lowest BCUT2D eigenvalue weighted by Crippen LogP contribution is -2.05. The minimum Gasteiger partial charge on any atom is -0.480 e. The van der Waals surface area contributed by atoms with E-state index in [1.807, 2.05) is 0 Å². The van der Waals surface area contributed by atoms with Crippen LogP contribution < -0.4 is 9.47 Å². The van der Waals surface area contributed by atoms with Crippen LogP contribution in [0.3, 0.4) is 0 Å². The van der Waals surface area contributed by atoms with Crippen LogP contribution in [0.25, 0.3) is 11.4 Å². The maximum atomic E-state index is 12.4. The van der Waals surface area contributed by atoms with Crippen LogP contribution >= 0.6 is 0 Å². The molecule has 0 spiro atoms. The molecule has 0 aliphatic heterocycles. The predicted octanol–water partition coefficient (Wildman–Crippen LogP) is 5.10. The topological polar surface area (TPSA) is 91.4 Å². The third-order valence-corrected chi connectivity index (χ3v) is 5.06. The number of hydrogen-bond acceptors (Lipinski definition) is 6. The molecule has 4 aromatic rings. The van der Waals surface area contributed by atoms with Crippen molar-refractivity contribution < 1.29 is 45.7 Å². The van der Waals surface area contributed by atoms with Crippen molar-refractivity contribution >= 4 is 6.29 Å². The minimum absolute atomic E-state index is 0.120. The average Bonchev–Trinajstić information content (AvgIpc) is 3.52. The first-order chi connectivity index (χ1) is 17.9. The van der Waals surface area contributed by atoms with E-state index in [0.29, 0.717) is 23.2 Å². The van der Waals surface area contributed by atoms with Crippen LogP contribution in [0.1, 0.15) is 27.0 Å². The quantitative estimate of drug-likeness (QED) is 0.269. The van der Waals surface area contributed by atoms with Crippen LogP contribution in [-0.4, -0.2) is 45.2 Å². The van der Waals surface area contributed by atoms with Crippen molar-refractivity contribution in [1.29, 1.82) is 0 Å². The van der Waals surface area contributed by atoms with Crippen molar-refractivity contribution in [2.45, 2.75) is 19.0 Å². The average molecular weight is 542 g/mol. The summed E-state index contributed by atoms with van der Waals surface area (Å²) in [5, 5.41) is 17.0. The fraction of sp³-hybridized carbons (Fsp3) is 0.208. The van der Waals surface area contributed by atoms with Crippen molar-refractivity contribution in [3.63, 3.8) is 0 Å². The maximum Gasteiger partial charge on any atom is 0.416 e. The van der Waals surface area contributed by atoms with Gasteiger partial charge in [-0.05, 0) is 48.5 Å². The van der Waals surface area contributed by atoms with Gasteiger partial charge < -0.3 is 14.6 Å². The second kappa shape index (κ2) is 11.4. The molecule has 38 heavy (non-hydrogen) atoms. The summed E-state index contributed by atoms with van der Waals surface area (Å²) in [7, 11) is 2.75. The number of hydrogen-bond donors (Lipinski definition) is 1. The van der Waals surface area contributed by atoms with Crippen molar-refractivity contribution in [3.05, 3.63) is 83.2 Å². The highest BCUT2D eigenvalue weighted by Crippen LogP contribution is 2.31. The van der Waals surface area contributed by atoms with Crippen LogP contribution in [0.2, 0.25) is 0 Å². The van der Waals surface area contributed by atoms with E-state index >= 15 is 0 Å². The monoisotopic (exact) mass is 542 g/mol. The number of carbonyl (C=O) groups excluding carboxylic acids is 1. The maximum absolute atomic E-state index is 12.4. The molecule has 202 valence electrons. The molecule has 1 N–H and O–H groups in total. The number of alkyl halides is 6. The van der Waals surface area contributed by atoms with E-state index in [9.17, 15) is 31.1 Å². The highest BCUT2D eigenvalue weighted by atomic mass is 19.4. The van der Waals surface area contributed by atoms with Gasteiger partial charge in [0.05, 0.1) is 54.5 Å². The first kappa shape index (κ1) is 28.2. The fourth-order valence-corrected chi connectivity index (χ4v) is 3.16. The number of aldehydes is 1. The van der Waals surface area contributed by atoms with Gasteiger partial charge in [0.15, 0.2) is 6.29 Å². The normalized spacial score (nSPS) is 11.5. The standard InChI is InChI=1S/C12H11F3N2O2.C12H9F3N2O2/c2*1-19-11-8(7-18)6-17(16-11)10-4-2-9(3-5-10)12(13,14)15/h2-6,18H,7H2,1H3;2-7H,1H3. The largest absolute Gasteiger partial charge is 0.480 e. The van der Waals surface area contributed by atoms with E-state index in [1.54, 1.807) is 0 Å². The molecule has 0 saturated carbocycles. The summed E-state index contributed by atoms with van der Waals surface area (Å²) in [4.78, 5) is 10.7. The molecule has 0 radical (unpaired) electrons. The Labute approximate surface area is 211 Å². The molecule has 0 aliphatic carbocycles. The molecule has 0 unspecified atom stereocenters. The fourth-order valence-electron chi connectivity index (χ4n) is 3.16. The number of methoxy groups -OCH3 is 2. The molecule has 2 heterocycles. The lowest BCUT2D eigenvalue weighted by Gasteiger charge is -2.07.